The monoisotopic (exact) mass is 643 g/mol. The Morgan fingerprint density at radius 3 is 1.50 bits per heavy atom. The molecule has 0 spiro atoms. The van der Waals surface area contributed by atoms with Gasteiger partial charge in [0.05, 0.1) is 20.4 Å². The molecule has 12 nitrogen and oxygen atoms in total. The van der Waals surface area contributed by atoms with Crippen LogP contribution in [-0.4, -0.2) is 42.8 Å². The Bertz CT molecular complexity index is 1840. The predicted molar refractivity (Wildman–Crippen MR) is 131 cm³/mol. The fourth-order valence-electron chi connectivity index (χ4n) is 3.41. The van der Waals surface area contributed by atoms with E-state index in [4.69, 9.17) is 4.18 Å². The minimum atomic E-state index is -5.27. The summed E-state index contributed by atoms with van der Waals surface area (Å²) in [5.74, 6) is -0.818. The summed E-state index contributed by atoms with van der Waals surface area (Å²) in [4.78, 5) is -2.66. The van der Waals surface area contributed by atoms with E-state index in [0.29, 0.717) is 24.3 Å². The van der Waals surface area contributed by atoms with Gasteiger partial charge in [-0.1, -0.05) is 36.4 Å². The van der Waals surface area contributed by atoms with Gasteiger partial charge in [-0.25, -0.2) is 25.3 Å². The summed E-state index contributed by atoms with van der Waals surface area (Å²) >= 11 is 0. The molecule has 0 atom stereocenters. The van der Waals surface area contributed by atoms with Gasteiger partial charge in [0.15, 0.2) is 5.75 Å². The Kier molecular flexibility index (Phi) is 11.1. The zero-order valence-electron chi connectivity index (χ0n) is 20.7. The van der Waals surface area contributed by atoms with Crippen molar-refractivity contribution in [1.82, 2.24) is 0 Å². The Morgan fingerprint density at radius 1 is 0.575 bits per heavy atom. The fourth-order valence-corrected chi connectivity index (χ4v) is 6.51. The van der Waals surface area contributed by atoms with Gasteiger partial charge in [-0.3, -0.25) is 4.72 Å². The first-order valence-corrected chi connectivity index (χ1v) is 15.9. The van der Waals surface area contributed by atoms with Crippen LogP contribution >= 0.6 is 0 Å². The molecule has 0 unspecified atom stereocenters. The molecule has 0 amide bonds. The van der Waals surface area contributed by atoms with Crippen molar-refractivity contribution in [3.05, 3.63) is 84.9 Å². The predicted octanol–water partition coefficient (Wildman–Crippen LogP) is -3.78. The Morgan fingerprint density at radius 2 is 1.02 bits per heavy atom. The van der Waals surface area contributed by atoms with Crippen LogP contribution < -0.4 is 68.0 Å². The third kappa shape index (κ3) is 7.84. The SMILES string of the molecule is O=S(=O)([O-])c1cc(NS(=O)(=O)c2ccccc2)c2c(OS(=O)(=O)c3ccccc3)cc(S(=O)(=O)[O-])cc2c1.[Na+].[Na+]. The zero-order valence-corrected chi connectivity index (χ0v) is 28.0. The quantitative estimate of drug-likeness (QED) is 0.112. The molecule has 4 aromatic carbocycles. The summed E-state index contributed by atoms with van der Waals surface area (Å²) < 4.78 is 130. The molecule has 0 saturated carbocycles. The molecule has 18 heteroatoms. The number of rotatable bonds is 8. The third-order valence-electron chi connectivity index (χ3n) is 5.07. The number of anilines is 1. The van der Waals surface area contributed by atoms with Crippen LogP contribution in [0.1, 0.15) is 0 Å². The van der Waals surface area contributed by atoms with Gasteiger partial charge in [0.25, 0.3) is 10.0 Å². The molecular formula is C22H15NNa2O11S4. The Labute approximate surface area is 275 Å². The average Bonchev–Trinajstić information content (AvgIpc) is 2.83. The molecule has 0 radical (unpaired) electrons. The number of nitrogens with one attached hydrogen (secondary N) is 1. The van der Waals surface area contributed by atoms with Crippen molar-refractivity contribution >= 4 is 56.8 Å². The molecule has 0 saturated heterocycles. The van der Waals surface area contributed by atoms with Gasteiger partial charge < -0.3 is 13.3 Å². The second-order valence-corrected chi connectivity index (χ2v) is 13.7. The molecule has 40 heavy (non-hydrogen) atoms. The van der Waals surface area contributed by atoms with Crippen LogP contribution in [-0.2, 0) is 40.4 Å². The van der Waals surface area contributed by atoms with Crippen LogP contribution in [0.25, 0.3) is 10.8 Å². The van der Waals surface area contributed by atoms with Crippen molar-refractivity contribution in [3.63, 3.8) is 0 Å². The minimum absolute atomic E-state index is 0. The maximum absolute atomic E-state index is 13.0. The smallest absolute Gasteiger partial charge is 0.744 e. The molecule has 0 bridgehead atoms. The van der Waals surface area contributed by atoms with Crippen molar-refractivity contribution in [2.24, 2.45) is 0 Å². The van der Waals surface area contributed by atoms with Gasteiger partial charge in [0.1, 0.15) is 25.1 Å². The molecule has 200 valence electrons. The van der Waals surface area contributed by atoms with Gasteiger partial charge in [-0.2, -0.15) is 8.42 Å². The third-order valence-corrected chi connectivity index (χ3v) is 9.32. The van der Waals surface area contributed by atoms with Crippen molar-refractivity contribution in [3.8, 4) is 5.75 Å². The second kappa shape index (κ2) is 12.8. The molecule has 0 fully saturated rings. The van der Waals surface area contributed by atoms with Crippen molar-refractivity contribution in [1.29, 1.82) is 0 Å². The summed E-state index contributed by atoms with van der Waals surface area (Å²) in [6.45, 7) is 0. The van der Waals surface area contributed by atoms with E-state index in [1.54, 1.807) is 0 Å². The van der Waals surface area contributed by atoms with E-state index >= 15 is 0 Å². The first kappa shape index (κ1) is 34.7. The zero-order chi connectivity index (χ0) is 27.9. The average molecular weight is 644 g/mol. The van der Waals surface area contributed by atoms with E-state index in [2.05, 4.69) is 4.72 Å². The van der Waals surface area contributed by atoms with E-state index < -0.39 is 72.4 Å². The molecule has 0 aliphatic heterocycles. The maximum atomic E-state index is 13.0. The van der Waals surface area contributed by atoms with Gasteiger partial charge in [0.2, 0.25) is 0 Å². The van der Waals surface area contributed by atoms with E-state index in [9.17, 15) is 42.8 Å². The first-order chi connectivity index (χ1) is 17.6. The standard InChI is InChI=1S/C22H17NO11S4.2Na/c24-35(25,16-7-3-1-4-8-16)23-20-13-18(36(26,27)28)11-15-12-19(37(29,30)31)14-21(22(15)20)34-38(32,33)17-9-5-2-6-10-17;;/h1-14,23H,(H,26,27,28)(H,29,30,31);;/q;2*+1/p-2. The molecule has 4 aromatic rings. The number of sulfonamides is 1. The van der Waals surface area contributed by atoms with Crippen LogP contribution in [0.2, 0.25) is 0 Å². The molecular weight excluding hydrogens is 628 g/mol. The van der Waals surface area contributed by atoms with Crippen LogP contribution in [0.15, 0.2) is 105 Å². The van der Waals surface area contributed by atoms with Crippen LogP contribution in [0.5, 0.6) is 5.75 Å². The van der Waals surface area contributed by atoms with Gasteiger partial charge in [-0.05, 0) is 47.9 Å². The summed E-state index contributed by atoms with van der Waals surface area (Å²) in [5.41, 5.74) is -0.631. The van der Waals surface area contributed by atoms with Gasteiger partial charge in [-0.15, -0.1) is 0 Å². The Hall–Kier alpha value is -1.54. The van der Waals surface area contributed by atoms with E-state index in [1.165, 1.54) is 48.5 Å². The van der Waals surface area contributed by atoms with Crippen LogP contribution in [0.4, 0.5) is 5.69 Å². The molecule has 0 aromatic heterocycles. The molecule has 0 heterocycles. The van der Waals surface area contributed by atoms with Crippen molar-refractivity contribution < 1.29 is 106 Å². The molecule has 1 N–H and O–H groups in total. The van der Waals surface area contributed by atoms with Crippen LogP contribution in [0.3, 0.4) is 0 Å². The fraction of sp³-hybridized carbons (Fsp3) is 0. The van der Waals surface area contributed by atoms with Crippen LogP contribution in [0, 0.1) is 0 Å². The Balaban J connectivity index is 0.00000280. The summed E-state index contributed by atoms with van der Waals surface area (Å²) in [6, 6.07) is 15.8. The normalized spacial score (nSPS) is 12.2. The number of hydrogen-bond donors (Lipinski definition) is 1. The number of benzene rings is 4. The van der Waals surface area contributed by atoms with Gasteiger partial charge in [0, 0.05) is 11.5 Å². The largest absolute Gasteiger partial charge is 1.00 e. The van der Waals surface area contributed by atoms with Crippen molar-refractivity contribution in [2.75, 3.05) is 4.72 Å². The van der Waals surface area contributed by atoms with E-state index in [1.807, 2.05) is 0 Å². The topological polar surface area (TPSA) is 204 Å². The minimum Gasteiger partial charge on any atom is -0.744 e. The maximum Gasteiger partial charge on any atom is 1.00 e. The van der Waals surface area contributed by atoms with Crippen molar-refractivity contribution in [2.45, 2.75) is 19.6 Å². The number of hydrogen-bond acceptors (Lipinski definition) is 11. The van der Waals surface area contributed by atoms with Gasteiger partial charge >= 0.3 is 69.2 Å². The summed E-state index contributed by atoms with van der Waals surface area (Å²) in [6.07, 6.45) is 0. The summed E-state index contributed by atoms with van der Waals surface area (Å²) in [5, 5.41) is -0.924. The van der Waals surface area contributed by atoms with E-state index in [-0.39, 0.29) is 68.9 Å². The molecule has 0 aliphatic rings. The second-order valence-electron chi connectivity index (χ2n) is 7.67. The molecule has 4 rings (SSSR count). The van der Waals surface area contributed by atoms with E-state index in [0.717, 1.165) is 12.1 Å². The number of fused-ring (bicyclic) bond motifs is 1. The molecule has 0 aliphatic carbocycles. The summed E-state index contributed by atoms with van der Waals surface area (Å²) in [7, 11) is -19.6. The first-order valence-electron chi connectivity index (χ1n) is 10.2.